The van der Waals surface area contributed by atoms with Crippen LogP contribution in [0.15, 0.2) is 18.2 Å². The van der Waals surface area contributed by atoms with E-state index in [1.54, 1.807) is 0 Å². The second-order valence-electron chi connectivity index (χ2n) is 9.98. The molecule has 160 valence electrons. The fourth-order valence-electron chi connectivity index (χ4n) is 5.89. The molecule has 2 saturated carbocycles. The molecule has 2 fully saturated rings. The molecular formula is C26H38O3. The highest BCUT2D eigenvalue weighted by Gasteiger charge is 2.39. The molecule has 0 saturated heterocycles. The molecular weight excluding hydrogens is 360 g/mol. The summed E-state index contributed by atoms with van der Waals surface area (Å²) >= 11 is 0. The second kappa shape index (κ2) is 9.10. The summed E-state index contributed by atoms with van der Waals surface area (Å²) in [5.41, 5.74) is 2.61. The standard InChI is InChI=1S/C26H38O3/c1-17-7-4-5-8-21(15-17)23-10-6-9-19-11-14-22(16-24(19)29-23)25(20-12-13-20)18(2)26(27)28-3/h11,14,16-18,20-21,23,25H,4-10,12-13,15H2,1-3H3/t17?,18-,21?,23?,25-/m0/s1. The molecule has 0 N–H and O–H groups in total. The summed E-state index contributed by atoms with van der Waals surface area (Å²) < 4.78 is 11.8. The number of fused-ring (bicyclic) bond motifs is 1. The lowest BCUT2D eigenvalue weighted by molar-refractivity contribution is -0.145. The van der Waals surface area contributed by atoms with Crippen LogP contribution in [-0.2, 0) is 16.0 Å². The molecule has 5 atom stereocenters. The van der Waals surface area contributed by atoms with E-state index in [1.807, 2.05) is 6.92 Å². The van der Waals surface area contributed by atoms with Crippen molar-refractivity contribution >= 4 is 5.97 Å². The van der Waals surface area contributed by atoms with E-state index in [9.17, 15) is 4.79 Å². The van der Waals surface area contributed by atoms with E-state index in [0.717, 1.165) is 18.1 Å². The van der Waals surface area contributed by atoms with Crippen LogP contribution in [0.3, 0.4) is 0 Å². The first-order valence-electron chi connectivity index (χ1n) is 11.9. The number of esters is 1. The fourth-order valence-corrected chi connectivity index (χ4v) is 5.89. The van der Waals surface area contributed by atoms with E-state index in [-0.39, 0.29) is 17.8 Å². The minimum absolute atomic E-state index is 0.0944. The van der Waals surface area contributed by atoms with Crippen LogP contribution < -0.4 is 4.74 Å². The first-order chi connectivity index (χ1) is 14.1. The first-order valence-corrected chi connectivity index (χ1v) is 11.9. The highest BCUT2D eigenvalue weighted by atomic mass is 16.5. The van der Waals surface area contributed by atoms with E-state index in [2.05, 4.69) is 25.1 Å². The Morgan fingerprint density at radius 3 is 2.66 bits per heavy atom. The van der Waals surface area contributed by atoms with Crippen molar-refractivity contribution in [1.82, 2.24) is 0 Å². The number of ether oxygens (including phenoxy) is 2. The predicted molar refractivity (Wildman–Crippen MR) is 116 cm³/mol. The summed E-state index contributed by atoms with van der Waals surface area (Å²) in [5.74, 6) is 3.25. The molecule has 2 aliphatic carbocycles. The number of rotatable bonds is 5. The summed E-state index contributed by atoms with van der Waals surface area (Å²) in [6.07, 6.45) is 13.0. The maximum Gasteiger partial charge on any atom is 0.309 e. The molecule has 3 aliphatic rings. The van der Waals surface area contributed by atoms with Crippen molar-refractivity contribution in [2.24, 2.45) is 23.7 Å². The molecule has 4 rings (SSSR count). The van der Waals surface area contributed by atoms with Gasteiger partial charge in [0.2, 0.25) is 0 Å². The number of carbonyl (C=O) groups excluding carboxylic acids is 1. The van der Waals surface area contributed by atoms with Crippen molar-refractivity contribution in [3.05, 3.63) is 29.3 Å². The van der Waals surface area contributed by atoms with Gasteiger partial charge in [-0.1, -0.05) is 45.2 Å². The third-order valence-corrected chi connectivity index (χ3v) is 7.68. The molecule has 0 bridgehead atoms. The smallest absolute Gasteiger partial charge is 0.309 e. The van der Waals surface area contributed by atoms with Crippen molar-refractivity contribution in [1.29, 1.82) is 0 Å². The molecule has 0 radical (unpaired) electrons. The average Bonchev–Trinajstić information content (AvgIpc) is 3.56. The number of hydrogen-bond acceptors (Lipinski definition) is 3. The minimum Gasteiger partial charge on any atom is -0.490 e. The van der Waals surface area contributed by atoms with Crippen molar-refractivity contribution in [3.63, 3.8) is 0 Å². The highest BCUT2D eigenvalue weighted by Crippen LogP contribution is 2.48. The normalized spacial score (nSPS) is 29.6. The molecule has 1 aliphatic heterocycles. The zero-order chi connectivity index (χ0) is 20.4. The molecule has 3 heteroatoms. The van der Waals surface area contributed by atoms with E-state index in [1.165, 1.54) is 76.0 Å². The van der Waals surface area contributed by atoms with Crippen LogP contribution in [0.1, 0.15) is 88.7 Å². The van der Waals surface area contributed by atoms with Crippen LogP contribution >= 0.6 is 0 Å². The van der Waals surface area contributed by atoms with Crippen LogP contribution in [0.5, 0.6) is 5.75 Å². The zero-order valence-electron chi connectivity index (χ0n) is 18.5. The van der Waals surface area contributed by atoms with Crippen LogP contribution in [0.25, 0.3) is 0 Å². The Labute approximate surface area is 176 Å². The van der Waals surface area contributed by atoms with E-state index in [0.29, 0.717) is 17.9 Å². The Morgan fingerprint density at radius 1 is 1.10 bits per heavy atom. The Morgan fingerprint density at radius 2 is 1.90 bits per heavy atom. The lowest BCUT2D eigenvalue weighted by Crippen LogP contribution is -2.27. The van der Waals surface area contributed by atoms with E-state index >= 15 is 0 Å². The molecule has 1 aromatic rings. The third-order valence-electron chi connectivity index (χ3n) is 7.68. The van der Waals surface area contributed by atoms with Crippen molar-refractivity contribution in [2.45, 2.75) is 90.1 Å². The topological polar surface area (TPSA) is 35.5 Å². The van der Waals surface area contributed by atoms with Gasteiger partial charge >= 0.3 is 5.97 Å². The zero-order valence-corrected chi connectivity index (χ0v) is 18.5. The van der Waals surface area contributed by atoms with Gasteiger partial charge < -0.3 is 9.47 Å². The Hall–Kier alpha value is -1.51. The number of benzene rings is 1. The molecule has 0 spiro atoms. The first kappa shape index (κ1) is 20.8. The number of carbonyl (C=O) groups is 1. The van der Waals surface area contributed by atoms with Crippen LogP contribution in [0.2, 0.25) is 0 Å². The predicted octanol–water partition coefficient (Wildman–Crippen LogP) is 6.29. The number of hydrogen-bond donors (Lipinski definition) is 0. The summed E-state index contributed by atoms with van der Waals surface area (Å²) in [6, 6.07) is 6.79. The van der Waals surface area contributed by atoms with Gasteiger partial charge in [0.1, 0.15) is 11.9 Å². The van der Waals surface area contributed by atoms with Crippen molar-refractivity contribution in [3.8, 4) is 5.75 Å². The average molecular weight is 399 g/mol. The van der Waals surface area contributed by atoms with Gasteiger partial charge in [0.15, 0.2) is 0 Å². The summed E-state index contributed by atoms with van der Waals surface area (Å²) in [5, 5.41) is 0. The monoisotopic (exact) mass is 398 g/mol. The highest BCUT2D eigenvalue weighted by molar-refractivity contribution is 5.73. The van der Waals surface area contributed by atoms with Crippen molar-refractivity contribution < 1.29 is 14.3 Å². The Bertz CT molecular complexity index is 708. The van der Waals surface area contributed by atoms with Crippen LogP contribution in [0.4, 0.5) is 0 Å². The van der Waals surface area contributed by atoms with E-state index < -0.39 is 0 Å². The maximum absolute atomic E-state index is 12.3. The van der Waals surface area contributed by atoms with Crippen LogP contribution in [-0.4, -0.2) is 19.2 Å². The largest absolute Gasteiger partial charge is 0.490 e. The minimum atomic E-state index is -0.102. The molecule has 29 heavy (non-hydrogen) atoms. The molecule has 0 amide bonds. The third kappa shape index (κ3) is 4.81. The fraction of sp³-hybridized carbons (Fsp3) is 0.731. The number of aryl methyl sites for hydroxylation is 1. The summed E-state index contributed by atoms with van der Waals surface area (Å²) in [6.45, 7) is 4.44. The van der Waals surface area contributed by atoms with Gasteiger partial charge in [0.25, 0.3) is 0 Å². The van der Waals surface area contributed by atoms with Gasteiger partial charge in [-0.2, -0.15) is 0 Å². The number of methoxy groups -OCH3 is 1. The van der Waals surface area contributed by atoms with Gasteiger partial charge in [-0.05, 0) is 85.8 Å². The summed E-state index contributed by atoms with van der Waals surface area (Å²) in [4.78, 5) is 12.3. The van der Waals surface area contributed by atoms with Gasteiger partial charge in [0, 0.05) is 0 Å². The summed E-state index contributed by atoms with van der Waals surface area (Å²) in [7, 11) is 1.50. The van der Waals surface area contributed by atoms with Gasteiger partial charge in [0.05, 0.1) is 13.0 Å². The Balaban J connectivity index is 1.57. The molecule has 1 heterocycles. The lowest BCUT2D eigenvalue weighted by Gasteiger charge is -2.28. The second-order valence-corrected chi connectivity index (χ2v) is 9.98. The van der Waals surface area contributed by atoms with Gasteiger partial charge in [-0.25, -0.2) is 0 Å². The van der Waals surface area contributed by atoms with Gasteiger partial charge in [-0.15, -0.1) is 0 Å². The van der Waals surface area contributed by atoms with E-state index in [4.69, 9.17) is 9.47 Å². The molecule has 1 aromatic carbocycles. The molecule has 0 aromatic heterocycles. The SMILES string of the molecule is COC(=O)[C@@H](C)[C@H](c1ccc2c(c1)OC(C1CCCCC(C)C1)CCC2)C1CC1. The Kier molecular flexibility index (Phi) is 6.51. The molecule has 3 unspecified atom stereocenters. The quantitative estimate of drug-likeness (QED) is 0.432. The maximum atomic E-state index is 12.3. The molecule has 3 nitrogen and oxygen atoms in total. The van der Waals surface area contributed by atoms with Crippen molar-refractivity contribution in [2.75, 3.05) is 7.11 Å². The van der Waals surface area contributed by atoms with Gasteiger partial charge in [-0.3, -0.25) is 4.79 Å². The lowest BCUT2D eigenvalue weighted by atomic mass is 9.82. The van der Waals surface area contributed by atoms with Crippen LogP contribution in [0, 0.1) is 23.7 Å².